The Hall–Kier alpha value is -0.900. The van der Waals surface area contributed by atoms with Gasteiger partial charge >= 0.3 is 0 Å². The SMILES string of the molecule is CCN(CCC(=O)c1cccc(Cl)c1)CC(C)(C)O. The molecule has 4 heteroatoms. The summed E-state index contributed by atoms with van der Waals surface area (Å²) in [5.41, 5.74) is -0.0958. The van der Waals surface area contributed by atoms with Crippen LogP contribution in [0.3, 0.4) is 0 Å². The van der Waals surface area contributed by atoms with E-state index in [0.29, 0.717) is 30.1 Å². The molecular formula is C15H22ClNO2. The highest BCUT2D eigenvalue weighted by Crippen LogP contribution is 2.13. The average Bonchev–Trinajstić information content (AvgIpc) is 2.32. The first-order valence-electron chi connectivity index (χ1n) is 6.55. The Morgan fingerprint density at radius 3 is 2.63 bits per heavy atom. The fourth-order valence-electron chi connectivity index (χ4n) is 1.96. The molecule has 0 saturated carbocycles. The van der Waals surface area contributed by atoms with Crippen LogP contribution in [0, 0.1) is 0 Å². The van der Waals surface area contributed by atoms with E-state index in [1.165, 1.54) is 0 Å². The highest BCUT2D eigenvalue weighted by molar-refractivity contribution is 6.31. The third-order valence-corrected chi connectivity index (χ3v) is 3.09. The van der Waals surface area contributed by atoms with Gasteiger partial charge in [-0.2, -0.15) is 0 Å². The second kappa shape index (κ2) is 7.04. The van der Waals surface area contributed by atoms with Crippen LogP contribution >= 0.6 is 11.6 Å². The minimum atomic E-state index is -0.741. The summed E-state index contributed by atoms with van der Waals surface area (Å²) in [6, 6.07) is 7.01. The van der Waals surface area contributed by atoms with Crippen molar-refractivity contribution in [3.63, 3.8) is 0 Å². The van der Waals surface area contributed by atoms with Crippen LogP contribution in [0.2, 0.25) is 5.02 Å². The van der Waals surface area contributed by atoms with Crippen LogP contribution in [0.4, 0.5) is 0 Å². The topological polar surface area (TPSA) is 40.5 Å². The largest absolute Gasteiger partial charge is 0.389 e. The van der Waals surface area contributed by atoms with E-state index >= 15 is 0 Å². The predicted octanol–water partition coefficient (Wildman–Crippen LogP) is 3.01. The molecule has 0 amide bonds. The van der Waals surface area contributed by atoms with E-state index in [4.69, 9.17) is 11.6 Å². The van der Waals surface area contributed by atoms with Gasteiger partial charge in [0.1, 0.15) is 0 Å². The van der Waals surface area contributed by atoms with Crippen molar-refractivity contribution in [3.8, 4) is 0 Å². The molecule has 1 aromatic carbocycles. The maximum atomic E-state index is 12.0. The summed E-state index contributed by atoms with van der Waals surface area (Å²) in [5, 5.41) is 10.4. The smallest absolute Gasteiger partial charge is 0.164 e. The van der Waals surface area contributed by atoms with Gasteiger partial charge in [0.2, 0.25) is 0 Å². The van der Waals surface area contributed by atoms with E-state index in [2.05, 4.69) is 4.90 Å². The molecule has 106 valence electrons. The third kappa shape index (κ3) is 6.19. The highest BCUT2D eigenvalue weighted by atomic mass is 35.5. The van der Waals surface area contributed by atoms with Gasteiger partial charge in [0.05, 0.1) is 5.60 Å². The summed E-state index contributed by atoms with van der Waals surface area (Å²) in [6.45, 7) is 7.59. The van der Waals surface area contributed by atoms with E-state index < -0.39 is 5.60 Å². The van der Waals surface area contributed by atoms with Crippen molar-refractivity contribution in [3.05, 3.63) is 34.9 Å². The number of hydrogen-bond donors (Lipinski definition) is 1. The Kier molecular flexibility index (Phi) is 5.98. The van der Waals surface area contributed by atoms with Gasteiger partial charge in [0.15, 0.2) is 5.78 Å². The summed E-state index contributed by atoms with van der Waals surface area (Å²) in [5.74, 6) is 0.0803. The highest BCUT2D eigenvalue weighted by Gasteiger charge is 2.18. The summed E-state index contributed by atoms with van der Waals surface area (Å²) in [6.07, 6.45) is 0.435. The van der Waals surface area contributed by atoms with Gasteiger partial charge in [0, 0.05) is 30.1 Å². The minimum Gasteiger partial charge on any atom is -0.389 e. The second-order valence-corrected chi connectivity index (χ2v) is 5.80. The average molecular weight is 284 g/mol. The molecule has 1 aromatic rings. The van der Waals surface area contributed by atoms with Crippen molar-refractivity contribution in [2.24, 2.45) is 0 Å². The third-order valence-electron chi connectivity index (χ3n) is 2.86. The van der Waals surface area contributed by atoms with E-state index in [1.54, 1.807) is 38.1 Å². The van der Waals surface area contributed by atoms with E-state index in [1.807, 2.05) is 6.92 Å². The molecule has 0 saturated heterocycles. The van der Waals surface area contributed by atoms with Gasteiger partial charge in [-0.3, -0.25) is 4.79 Å². The van der Waals surface area contributed by atoms with Crippen molar-refractivity contribution in [2.75, 3.05) is 19.6 Å². The first kappa shape index (κ1) is 16.2. The molecule has 0 bridgehead atoms. The fraction of sp³-hybridized carbons (Fsp3) is 0.533. The van der Waals surface area contributed by atoms with Gasteiger partial charge < -0.3 is 10.0 Å². The number of aliphatic hydroxyl groups is 1. The second-order valence-electron chi connectivity index (χ2n) is 5.36. The lowest BCUT2D eigenvalue weighted by atomic mass is 10.1. The monoisotopic (exact) mass is 283 g/mol. The molecule has 0 aliphatic heterocycles. The molecule has 0 spiro atoms. The van der Waals surface area contributed by atoms with Gasteiger partial charge in [-0.25, -0.2) is 0 Å². The molecule has 3 nitrogen and oxygen atoms in total. The molecule has 0 aromatic heterocycles. The number of halogens is 1. The molecular weight excluding hydrogens is 262 g/mol. The van der Waals surface area contributed by atoms with Crippen LogP contribution in [0.25, 0.3) is 0 Å². The number of likely N-dealkylation sites (N-methyl/N-ethyl adjacent to an activating group) is 1. The first-order valence-corrected chi connectivity index (χ1v) is 6.93. The van der Waals surface area contributed by atoms with E-state index in [9.17, 15) is 9.90 Å². The van der Waals surface area contributed by atoms with Crippen molar-refractivity contribution in [1.82, 2.24) is 4.90 Å². The number of rotatable bonds is 7. The maximum absolute atomic E-state index is 12.0. The number of Topliss-reactive ketones (excluding diaryl/α,β-unsaturated/α-hetero) is 1. The molecule has 0 radical (unpaired) electrons. The summed E-state index contributed by atoms with van der Waals surface area (Å²) >= 11 is 5.87. The van der Waals surface area contributed by atoms with Crippen LogP contribution in [0.5, 0.6) is 0 Å². The summed E-state index contributed by atoms with van der Waals surface area (Å²) in [4.78, 5) is 14.1. The van der Waals surface area contributed by atoms with Crippen LogP contribution in [0.15, 0.2) is 24.3 Å². The van der Waals surface area contributed by atoms with Crippen LogP contribution in [-0.2, 0) is 0 Å². The number of carbonyl (C=O) groups excluding carboxylic acids is 1. The quantitative estimate of drug-likeness (QED) is 0.782. The fourth-order valence-corrected chi connectivity index (χ4v) is 2.15. The summed E-state index contributed by atoms with van der Waals surface area (Å²) in [7, 11) is 0. The standard InChI is InChI=1S/C15H22ClNO2/c1-4-17(11-15(2,3)19)9-8-14(18)12-6-5-7-13(16)10-12/h5-7,10,19H,4,8-9,11H2,1-3H3. The number of ketones is 1. The predicted molar refractivity (Wildman–Crippen MR) is 78.8 cm³/mol. The number of hydrogen-bond acceptors (Lipinski definition) is 3. The Bertz CT molecular complexity index is 426. The van der Waals surface area contributed by atoms with Gasteiger partial charge in [-0.15, -0.1) is 0 Å². The molecule has 1 N–H and O–H groups in total. The molecule has 0 aliphatic carbocycles. The van der Waals surface area contributed by atoms with Crippen molar-refractivity contribution >= 4 is 17.4 Å². The Labute approximate surface area is 120 Å². The molecule has 0 heterocycles. The lowest BCUT2D eigenvalue weighted by Gasteiger charge is -2.27. The lowest BCUT2D eigenvalue weighted by Crippen LogP contribution is -2.39. The van der Waals surface area contributed by atoms with Crippen LogP contribution in [-0.4, -0.2) is 41.0 Å². The molecule has 0 aliphatic rings. The Morgan fingerprint density at radius 2 is 2.11 bits per heavy atom. The molecule has 0 atom stereocenters. The van der Waals surface area contributed by atoms with Crippen molar-refractivity contribution in [1.29, 1.82) is 0 Å². The van der Waals surface area contributed by atoms with Gasteiger partial charge in [0.25, 0.3) is 0 Å². The zero-order valence-electron chi connectivity index (χ0n) is 11.8. The van der Waals surface area contributed by atoms with Gasteiger partial charge in [-0.05, 0) is 32.5 Å². The van der Waals surface area contributed by atoms with Crippen molar-refractivity contribution < 1.29 is 9.90 Å². The number of nitrogens with zero attached hydrogens (tertiary/aromatic N) is 1. The normalized spacial score (nSPS) is 11.9. The van der Waals surface area contributed by atoms with Gasteiger partial charge in [-0.1, -0.05) is 30.7 Å². The molecule has 1 rings (SSSR count). The van der Waals surface area contributed by atoms with E-state index in [-0.39, 0.29) is 5.78 Å². The van der Waals surface area contributed by atoms with Crippen molar-refractivity contribution in [2.45, 2.75) is 32.8 Å². The molecule has 19 heavy (non-hydrogen) atoms. The molecule has 0 fully saturated rings. The Morgan fingerprint density at radius 1 is 1.42 bits per heavy atom. The number of carbonyl (C=O) groups is 1. The lowest BCUT2D eigenvalue weighted by molar-refractivity contribution is 0.0371. The Balaban J connectivity index is 2.53. The first-order chi connectivity index (χ1) is 8.81. The van der Waals surface area contributed by atoms with Crippen LogP contribution in [0.1, 0.15) is 37.6 Å². The maximum Gasteiger partial charge on any atom is 0.164 e. The van der Waals surface area contributed by atoms with E-state index in [0.717, 1.165) is 6.54 Å². The zero-order valence-corrected chi connectivity index (χ0v) is 12.6. The van der Waals surface area contributed by atoms with Crippen LogP contribution < -0.4 is 0 Å². The summed E-state index contributed by atoms with van der Waals surface area (Å²) < 4.78 is 0. The minimum absolute atomic E-state index is 0.0803. The number of benzene rings is 1. The zero-order chi connectivity index (χ0) is 14.5. The molecule has 0 unspecified atom stereocenters.